The summed E-state index contributed by atoms with van der Waals surface area (Å²) >= 11 is 0. The molecule has 0 fully saturated rings. The van der Waals surface area contributed by atoms with E-state index in [2.05, 4.69) is 41.7 Å². The van der Waals surface area contributed by atoms with Crippen LogP contribution in [0.25, 0.3) is 0 Å². The van der Waals surface area contributed by atoms with Crippen LogP contribution in [0.3, 0.4) is 0 Å². The number of nitrogens with one attached hydrogen (secondary N) is 1. The fraction of sp³-hybridized carbons (Fsp3) is 0.250. The lowest BCUT2D eigenvalue weighted by atomic mass is 9.85. The van der Waals surface area contributed by atoms with Crippen LogP contribution in [0.5, 0.6) is 11.5 Å². The maximum Gasteiger partial charge on any atom is 0.131 e. The largest absolute Gasteiger partial charge is 0.457 e. The Morgan fingerprint density at radius 2 is 1.84 bits per heavy atom. The Bertz CT molecular complexity index is 611. The smallest absolute Gasteiger partial charge is 0.131 e. The number of hydrogen-bond donors (Lipinski definition) is 1. The number of halogens is 1. The molecule has 2 aromatic carbocycles. The van der Waals surface area contributed by atoms with Crippen LogP contribution in [0.15, 0.2) is 42.5 Å². The van der Waals surface area contributed by atoms with Gasteiger partial charge in [0, 0.05) is 23.6 Å². The summed E-state index contributed by atoms with van der Waals surface area (Å²) in [6.07, 6.45) is 1.09. The lowest BCUT2D eigenvalue weighted by molar-refractivity contribution is 0.443. The molecule has 2 aliphatic heterocycles. The van der Waals surface area contributed by atoms with Crippen LogP contribution >= 0.6 is 12.4 Å². The van der Waals surface area contributed by atoms with Gasteiger partial charge >= 0.3 is 0 Å². The molecule has 19 heavy (non-hydrogen) atoms. The van der Waals surface area contributed by atoms with Gasteiger partial charge in [-0.15, -0.1) is 12.4 Å². The summed E-state index contributed by atoms with van der Waals surface area (Å²) in [7, 11) is 0. The maximum absolute atomic E-state index is 6.05. The number of para-hydroxylation sites is 1. The Morgan fingerprint density at radius 3 is 2.79 bits per heavy atom. The van der Waals surface area contributed by atoms with Gasteiger partial charge in [-0.05, 0) is 30.7 Å². The molecule has 0 spiro atoms. The maximum atomic E-state index is 6.05. The Kier molecular flexibility index (Phi) is 3.21. The van der Waals surface area contributed by atoms with E-state index in [0.717, 1.165) is 31.0 Å². The van der Waals surface area contributed by atoms with Gasteiger partial charge in [0.2, 0.25) is 0 Å². The number of fused-ring (bicyclic) bond motifs is 2. The van der Waals surface area contributed by atoms with Crippen LogP contribution in [-0.2, 0) is 6.42 Å². The van der Waals surface area contributed by atoms with Gasteiger partial charge in [0.25, 0.3) is 0 Å². The highest BCUT2D eigenvalue weighted by Gasteiger charge is 2.30. The van der Waals surface area contributed by atoms with Crippen LogP contribution in [0.2, 0.25) is 0 Å². The van der Waals surface area contributed by atoms with Gasteiger partial charge in [-0.3, -0.25) is 0 Å². The number of ether oxygens (including phenoxy) is 1. The molecule has 0 saturated carbocycles. The summed E-state index contributed by atoms with van der Waals surface area (Å²) in [6, 6.07) is 14.8. The highest BCUT2D eigenvalue weighted by Crippen LogP contribution is 2.45. The molecule has 2 heterocycles. The first-order valence-electron chi connectivity index (χ1n) is 6.53. The van der Waals surface area contributed by atoms with Crippen molar-refractivity contribution < 1.29 is 4.74 Å². The summed E-state index contributed by atoms with van der Waals surface area (Å²) in [5, 5.41) is 3.54. The van der Waals surface area contributed by atoms with Crippen LogP contribution in [0, 0.1) is 0 Å². The topological polar surface area (TPSA) is 21.3 Å². The zero-order valence-corrected chi connectivity index (χ0v) is 11.4. The quantitative estimate of drug-likeness (QED) is 0.793. The Morgan fingerprint density at radius 1 is 1.00 bits per heavy atom. The van der Waals surface area contributed by atoms with E-state index in [-0.39, 0.29) is 12.4 Å². The molecule has 2 aromatic rings. The zero-order valence-electron chi connectivity index (χ0n) is 10.6. The second-order valence-electron chi connectivity index (χ2n) is 4.98. The minimum Gasteiger partial charge on any atom is -0.457 e. The van der Waals surface area contributed by atoms with Crippen molar-refractivity contribution in [2.24, 2.45) is 0 Å². The SMILES string of the molecule is Cl.c1ccc2c(c1)Oc1cccc3c1C2CNCC3. The molecule has 0 radical (unpaired) electrons. The fourth-order valence-corrected chi connectivity index (χ4v) is 3.11. The molecule has 4 rings (SSSR count). The molecule has 0 amide bonds. The van der Waals surface area contributed by atoms with Gasteiger partial charge in [0.1, 0.15) is 11.5 Å². The third-order valence-electron chi connectivity index (χ3n) is 3.94. The highest BCUT2D eigenvalue weighted by atomic mass is 35.5. The predicted octanol–water partition coefficient (Wildman–Crippen LogP) is 3.49. The van der Waals surface area contributed by atoms with Crippen LogP contribution in [0.1, 0.15) is 22.6 Å². The third-order valence-corrected chi connectivity index (χ3v) is 3.94. The Balaban J connectivity index is 0.00000110. The predicted molar refractivity (Wildman–Crippen MR) is 78.6 cm³/mol. The van der Waals surface area contributed by atoms with Gasteiger partial charge in [-0.2, -0.15) is 0 Å². The van der Waals surface area contributed by atoms with E-state index in [4.69, 9.17) is 4.74 Å². The van der Waals surface area contributed by atoms with E-state index < -0.39 is 0 Å². The molecular formula is C16H16ClNO. The number of hydrogen-bond acceptors (Lipinski definition) is 2. The number of benzene rings is 2. The van der Waals surface area contributed by atoms with Crippen LogP contribution in [-0.4, -0.2) is 13.1 Å². The van der Waals surface area contributed by atoms with E-state index >= 15 is 0 Å². The molecule has 1 unspecified atom stereocenters. The van der Waals surface area contributed by atoms with Crippen molar-refractivity contribution in [1.82, 2.24) is 5.32 Å². The van der Waals surface area contributed by atoms with Crippen molar-refractivity contribution in [1.29, 1.82) is 0 Å². The zero-order chi connectivity index (χ0) is 11.9. The first-order chi connectivity index (χ1) is 8.93. The van der Waals surface area contributed by atoms with Gasteiger partial charge in [-0.25, -0.2) is 0 Å². The normalized spacial score (nSPS) is 19.3. The molecule has 2 nitrogen and oxygen atoms in total. The molecule has 0 aliphatic carbocycles. The van der Waals surface area contributed by atoms with Crippen molar-refractivity contribution in [2.45, 2.75) is 12.3 Å². The molecule has 1 N–H and O–H groups in total. The average Bonchev–Trinajstić information content (AvgIpc) is 2.63. The molecule has 2 aliphatic rings. The van der Waals surface area contributed by atoms with E-state index in [0.29, 0.717) is 5.92 Å². The fourth-order valence-electron chi connectivity index (χ4n) is 3.11. The summed E-state index contributed by atoms with van der Waals surface area (Å²) in [5.74, 6) is 2.49. The Labute approximate surface area is 119 Å². The van der Waals surface area contributed by atoms with E-state index in [9.17, 15) is 0 Å². The molecular weight excluding hydrogens is 258 g/mol. The Hall–Kier alpha value is -1.51. The lowest BCUT2D eigenvalue weighted by Crippen LogP contribution is -2.22. The average molecular weight is 274 g/mol. The van der Waals surface area contributed by atoms with Crippen molar-refractivity contribution in [3.63, 3.8) is 0 Å². The van der Waals surface area contributed by atoms with Crippen molar-refractivity contribution >= 4 is 12.4 Å². The molecule has 0 aromatic heterocycles. The minimum absolute atomic E-state index is 0. The number of rotatable bonds is 0. The standard InChI is InChI=1S/C16H15NO.ClH/c1-2-6-14-12(5-1)13-10-17-9-8-11-4-3-7-15(18-14)16(11)13;/h1-7,13,17H,8-10H2;1H. The molecule has 0 bridgehead atoms. The van der Waals surface area contributed by atoms with Crippen molar-refractivity contribution in [3.05, 3.63) is 59.2 Å². The molecule has 98 valence electrons. The second-order valence-corrected chi connectivity index (χ2v) is 4.98. The van der Waals surface area contributed by atoms with Gasteiger partial charge in [0.15, 0.2) is 0 Å². The molecule has 0 saturated heterocycles. The first-order valence-corrected chi connectivity index (χ1v) is 6.53. The summed E-state index contributed by atoms with van der Waals surface area (Å²) in [4.78, 5) is 0. The summed E-state index contributed by atoms with van der Waals surface area (Å²) < 4.78 is 6.05. The third kappa shape index (κ3) is 1.92. The van der Waals surface area contributed by atoms with Crippen molar-refractivity contribution in [2.75, 3.05) is 13.1 Å². The second kappa shape index (κ2) is 4.87. The van der Waals surface area contributed by atoms with Gasteiger partial charge < -0.3 is 10.1 Å². The van der Waals surface area contributed by atoms with E-state index in [1.807, 2.05) is 6.07 Å². The molecule has 3 heteroatoms. The van der Waals surface area contributed by atoms with Gasteiger partial charge in [-0.1, -0.05) is 30.3 Å². The van der Waals surface area contributed by atoms with Crippen molar-refractivity contribution in [3.8, 4) is 11.5 Å². The minimum atomic E-state index is 0. The van der Waals surface area contributed by atoms with E-state index in [1.54, 1.807) is 0 Å². The first kappa shape index (κ1) is 12.5. The van der Waals surface area contributed by atoms with Crippen LogP contribution in [0.4, 0.5) is 0 Å². The van der Waals surface area contributed by atoms with E-state index in [1.165, 1.54) is 16.7 Å². The monoisotopic (exact) mass is 273 g/mol. The summed E-state index contributed by atoms with van der Waals surface area (Å²) in [5.41, 5.74) is 4.13. The molecule has 1 atom stereocenters. The van der Waals surface area contributed by atoms with Gasteiger partial charge in [0.05, 0.1) is 0 Å². The highest BCUT2D eigenvalue weighted by molar-refractivity contribution is 5.85. The van der Waals surface area contributed by atoms with Crippen LogP contribution < -0.4 is 10.1 Å². The lowest BCUT2D eigenvalue weighted by Gasteiger charge is -2.28. The summed E-state index contributed by atoms with van der Waals surface area (Å²) in [6.45, 7) is 2.06.